The maximum atomic E-state index is 12.0. The Labute approximate surface area is 144 Å². The van der Waals surface area contributed by atoms with Crippen molar-refractivity contribution in [1.29, 1.82) is 0 Å². The van der Waals surface area contributed by atoms with Gasteiger partial charge in [-0.25, -0.2) is 12.7 Å². The summed E-state index contributed by atoms with van der Waals surface area (Å²) in [5.41, 5.74) is 2.24. The fraction of sp³-hybridized carbons (Fsp3) is 0.588. The largest absolute Gasteiger partial charge is 0.493 e. The first-order valence-electron chi connectivity index (χ1n) is 8.20. The molecule has 24 heavy (non-hydrogen) atoms. The molecule has 1 fully saturated rings. The summed E-state index contributed by atoms with van der Waals surface area (Å²) in [4.78, 5) is 12.0. The van der Waals surface area contributed by atoms with E-state index in [-0.39, 0.29) is 11.9 Å². The molecule has 1 saturated heterocycles. The van der Waals surface area contributed by atoms with Gasteiger partial charge in [0.15, 0.2) is 0 Å². The molecule has 1 aliphatic rings. The Morgan fingerprint density at radius 3 is 2.54 bits per heavy atom. The highest BCUT2D eigenvalue weighted by atomic mass is 32.2. The lowest BCUT2D eigenvalue weighted by Gasteiger charge is -2.30. The average Bonchev–Trinajstić information content (AvgIpc) is 2.49. The number of sulfonamides is 1. The zero-order valence-electron chi connectivity index (χ0n) is 14.5. The second-order valence-electron chi connectivity index (χ2n) is 6.37. The summed E-state index contributed by atoms with van der Waals surface area (Å²) >= 11 is 0. The Morgan fingerprint density at radius 2 is 1.96 bits per heavy atom. The number of carbonyl (C=O) groups is 1. The minimum atomic E-state index is -3.13. The normalized spacial score (nSPS) is 16.8. The highest BCUT2D eigenvalue weighted by molar-refractivity contribution is 7.88. The van der Waals surface area contributed by atoms with Gasteiger partial charge in [0.05, 0.1) is 19.3 Å². The number of rotatable bonds is 6. The van der Waals surface area contributed by atoms with Crippen molar-refractivity contribution < 1.29 is 17.9 Å². The molecule has 1 amide bonds. The van der Waals surface area contributed by atoms with E-state index in [1.165, 1.54) is 16.1 Å². The molecule has 0 aliphatic carbocycles. The van der Waals surface area contributed by atoms with Crippen LogP contribution in [0.3, 0.4) is 0 Å². The van der Waals surface area contributed by atoms with E-state index in [4.69, 9.17) is 4.74 Å². The van der Waals surface area contributed by atoms with Crippen LogP contribution < -0.4 is 10.1 Å². The molecule has 134 valence electrons. The van der Waals surface area contributed by atoms with Crippen LogP contribution in [-0.2, 0) is 14.8 Å². The maximum Gasteiger partial charge on any atom is 0.223 e. The summed E-state index contributed by atoms with van der Waals surface area (Å²) in [6.45, 7) is 5.26. The molecule has 1 N–H and O–H groups in total. The third kappa shape index (κ3) is 5.49. The Bertz CT molecular complexity index is 680. The number of nitrogens with zero attached hydrogens (tertiary/aromatic N) is 1. The molecule has 1 aliphatic heterocycles. The maximum absolute atomic E-state index is 12.0. The van der Waals surface area contributed by atoms with Gasteiger partial charge >= 0.3 is 0 Å². The number of ether oxygens (including phenoxy) is 1. The molecule has 0 bridgehead atoms. The van der Waals surface area contributed by atoms with Crippen LogP contribution in [0.25, 0.3) is 0 Å². The van der Waals surface area contributed by atoms with Gasteiger partial charge < -0.3 is 10.1 Å². The van der Waals surface area contributed by atoms with Crippen molar-refractivity contribution in [3.63, 3.8) is 0 Å². The molecular formula is C17H26N2O4S. The zero-order valence-corrected chi connectivity index (χ0v) is 15.4. The van der Waals surface area contributed by atoms with Gasteiger partial charge in [0.1, 0.15) is 5.75 Å². The van der Waals surface area contributed by atoms with Crippen LogP contribution in [0.4, 0.5) is 0 Å². The van der Waals surface area contributed by atoms with Gasteiger partial charge in [-0.3, -0.25) is 4.79 Å². The van der Waals surface area contributed by atoms with Gasteiger partial charge in [-0.1, -0.05) is 17.7 Å². The van der Waals surface area contributed by atoms with Crippen LogP contribution in [0.2, 0.25) is 0 Å². The Morgan fingerprint density at radius 1 is 1.29 bits per heavy atom. The fourth-order valence-corrected chi connectivity index (χ4v) is 3.72. The third-order valence-corrected chi connectivity index (χ3v) is 5.51. The predicted octanol–water partition coefficient (Wildman–Crippen LogP) is 1.61. The van der Waals surface area contributed by atoms with E-state index in [0.29, 0.717) is 39.0 Å². The average molecular weight is 354 g/mol. The van der Waals surface area contributed by atoms with Crippen LogP contribution in [-0.4, -0.2) is 50.6 Å². The molecule has 0 aromatic heterocycles. The summed E-state index contributed by atoms with van der Waals surface area (Å²) in [5.74, 6) is 0.743. The highest BCUT2D eigenvalue weighted by Crippen LogP contribution is 2.19. The van der Waals surface area contributed by atoms with E-state index in [0.717, 1.165) is 11.3 Å². The number of hydrogen-bond donors (Lipinski definition) is 1. The van der Waals surface area contributed by atoms with Crippen LogP contribution in [0.15, 0.2) is 18.2 Å². The molecule has 1 aromatic rings. The zero-order chi connectivity index (χ0) is 17.7. The third-order valence-electron chi connectivity index (χ3n) is 4.21. The second-order valence-corrected chi connectivity index (χ2v) is 8.35. The summed E-state index contributed by atoms with van der Waals surface area (Å²) < 4.78 is 30.0. The Balaban J connectivity index is 1.71. The minimum absolute atomic E-state index is 0.0385. The van der Waals surface area contributed by atoms with Crippen molar-refractivity contribution in [2.45, 2.75) is 39.2 Å². The number of nitrogens with one attached hydrogen (secondary N) is 1. The van der Waals surface area contributed by atoms with Gasteiger partial charge in [0.2, 0.25) is 15.9 Å². The van der Waals surface area contributed by atoms with E-state index < -0.39 is 10.0 Å². The number of benzene rings is 1. The summed E-state index contributed by atoms with van der Waals surface area (Å²) in [5, 5.41) is 2.96. The minimum Gasteiger partial charge on any atom is -0.493 e. The van der Waals surface area contributed by atoms with Crippen molar-refractivity contribution in [3.05, 3.63) is 29.3 Å². The van der Waals surface area contributed by atoms with Crippen LogP contribution in [0, 0.1) is 13.8 Å². The highest BCUT2D eigenvalue weighted by Gasteiger charge is 2.25. The molecule has 7 heteroatoms. The van der Waals surface area contributed by atoms with Gasteiger partial charge in [-0.15, -0.1) is 0 Å². The first-order valence-corrected chi connectivity index (χ1v) is 10.0. The molecular weight excluding hydrogens is 328 g/mol. The number of hydrogen-bond acceptors (Lipinski definition) is 4. The molecule has 6 nitrogen and oxygen atoms in total. The molecule has 0 unspecified atom stereocenters. The molecule has 2 rings (SSSR count). The molecule has 1 aromatic carbocycles. The van der Waals surface area contributed by atoms with Crippen molar-refractivity contribution >= 4 is 15.9 Å². The fourth-order valence-electron chi connectivity index (χ4n) is 2.85. The van der Waals surface area contributed by atoms with Gasteiger partial charge in [0, 0.05) is 19.1 Å². The lowest BCUT2D eigenvalue weighted by Crippen LogP contribution is -2.46. The topological polar surface area (TPSA) is 75.7 Å². The lowest BCUT2D eigenvalue weighted by atomic mass is 10.1. The van der Waals surface area contributed by atoms with Gasteiger partial charge in [-0.05, 0) is 38.3 Å². The van der Waals surface area contributed by atoms with E-state index in [1.54, 1.807) is 0 Å². The molecule has 0 spiro atoms. The molecule has 0 atom stereocenters. The van der Waals surface area contributed by atoms with Crippen LogP contribution in [0.5, 0.6) is 5.75 Å². The Kier molecular flexibility index (Phi) is 6.23. The van der Waals surface area contributed by atoms with E-state index in [2.05, 4.69) is 5.32 Å². The summed E-state index contributed by atoms with van der Waals surface area (Å²) in [6.07, 6.45) is 2.81. The van der Waals surface area contributed by atoms with E-state index in [9.17, 15) is 13.2 Å². The molecule has 0 radical (unpaired) electrons. The van der Waals surface area contributed by atoms with Crippen molar-refractivity contribution in [1.82, 2.24) is 9.62 Å². The van der Waals surface area contributed by atoms with Crippen molar-refractivity contribution in [2.24, 2.45) is 0 Å². The lowest BCUT2D eigenvalue weighted by molar-refractivity contribution is -0.122. The van der Waals surface area contributed by atoms with E-state index >= 15 is 0 Å². The predicted molar refractivity (Wildman–Crippen MR) is 93.6 cm³/mol. The van der Waals surface area contributed by atoms with Crippen LogP contribution in [0.1, 0.15) is 30.4 Å². The van der Waals surface area contributed by atoms with Gasteiger partial charge in [0.25, 0.3) is 0 Å². The summed E-state index contributed by atoms with van der Waals surface area (Å²) in [6, 6.07) is 5.99. The summed E-state index contributed by atoms with van der Waals surface area (Å²) in [7, 11) is -3.13. The first-order chi connectivity index (χ1) is 11.3. The second kappa shape index (κ2) is 7.98. The number of amides is 1. The Hall–Kier alpha value is -1.60. The number of aryl methyl sites for hydroxylation is 2. The first kappa shape index (κ1) is 18.7. The standard InChI is InChI=1S/C17H26N2O4S/c1-13-4-5-16(14(2)12-13)23-11-8-17(20)18-15-6-9-19(10-7-15)24(3,21)22/h4-5,12,15H,6-11H2,1-3H3,(H,18,20). The SMILES string of the molecule is Cc1ccc(OCCC(=O)NC2CCN(S(C)(=O)=O)CC2)c(C)c1. The molecule has 1 heterocycles. The monoisotopic (exact) mass is 354 g/mol. The quantitative estimate of drug-likeness (QED) is 0.842. The van der Waals surface area contributed by atoms with Crippen LogP contribution >= 0.6 is 0 Å². The van der Waals surface area contributed by atoms with Crippen molar-refractivity contribution in [2.75, 3.05) is 26.0 Å². The van der Waals surface area contributed by atoms with Gasteiger partial charge in [-0.2, -0.15) is 0 Å². The number of piperidine rings is 1. The number of carbonyl (C=O) groups excluding carboxylic acids is 1. The van der Waals surface area contributed by atoms with E-state index in [1.807, 2.05) is 32.0 Å². The smallest absolute Gasteiger partial charge is 0.223 e. The van der Waals surface area contributed by atoms with Crippen molar-refractivity contribution in [3.8, 4) is 5.75 Å². The molecule has 0 saturated carbocycles.